The predicted molar refractivity (Wildman–Crippen MR) is 177 cm³/mol. The minimum Gasteiger partial charge on any atom is -0.479 e. The zero-order chi connectivity index (χ0) is 32.6. The number of furan rings is 1. The van der Waals surface area contributed by atoms with Crippen LogP contribution in [0.3, 0.4) is 0 Å². The van der Waals surface area contributed by atoms with E-state index in [4.69, 9.17) is 4.42 Å². The number of nitrogens with one attached hydrogen (secondary N) is 3. The lowest BCUT2D eigenvalue weighted by Crippen LogP contribution is -2.52. The molecule has 0 aliphatic heterocycles. The monoisotopic (exact) mass is 645 g/mol. The van der Waals surface area contributed by atoms with E-state index in [1.165, 1.54) is 51.1 Å². The maximum Gasteiger partial charge on any atom is 0.306 e. The van der Waals surface area contributed by atoms with Gasteiger partial charge in [-0.1, -0.05) is 62.4 Å². The molecule has 6 rings (SSSR count). The van der Waals surface area contributed by atoms with Crippen LogP contribution in [0.2, 0.25) is 0 Å². The van der Waals surface area contributed by atoms with Gasteiger partial charge in [-0.15, -0.1) is 0 Å². The van der Waals surface area contributed by atoms with E-state index in [9.17, 15) is 27.3 Å². The molecule has 1 aliphatic carbocycles. The second-order valence-corrected chi connectivity index (χ2v) is 13.8. The normalized spacial score (nSPS) is 16.3. The Bertz CT molecular complexity index is 2010. The molecule has 1 aliphatic rings. The number of anilines is 2. The smallest absolute Gasteiger partial charge is 0.306 e. The number of fused-ring (bicyclic) bond motifs is 5. The van der Waals surface area contributed by atoms with Gasteiger partial charge < -0.3 is 20.2 Å². The highest BCUT2D eigenvalue weighted by Gasteiger charge is 2.33. The number of rotatable bonds is 10. The predicted octanol–water partition coefficient (Wildman–Crippen LogP) is 6.93. The Labute approximate surface area is 266 Å². The number of aromatic hydroxyl groups is 1. The quantitative estimate of drug-likeness (QED) is 0.0626. The van der Waals surface area contributed by atoms with Crippen LogP contribution in [0.15, 0.2) is 83.5 Å². The molecule has 4 aromatic carbocycles. The van der Waals surface area contributed by atoms with E-state index in [2.05, 4.69) is 52.3 Å². The van der Waals surface area contributed by atoms with Crippen LogP contribution in [-0.2, 0) is 27.8 Å². The van der Waals surface area contributed by atoms with Gasteiger partial charge in [-0.3, -0.25) is 14.7 Å². The topological polar surface area (TPSA) is 141 Å². The SMILES string of the molecule is CC(C)C[C@H](NC(Nc1ccc(F)cc1)S(=O)(=O)O)C(=O)Nc1c(C2CCc3c(ccc4c3ccc3ccccc34)C2)coc1O. The van der Waals surface area contributed by atoms with Gasteiger partial charge in [0.2, 0.25) is 11.4 Å². The number of carbonyl (C=O) groups is 1. The fourth-order valence-corrected chi connectivity index (χ4v) is 7.06. The highest BCUT2D eigenvalue weighted by Crippen LogP contribution is 2.43. The summed E-state index contributed by atoms with van der Waals surface area (Å²) in [5.74, 6) is -1.67. The molecule has 0 fully saturated rings. The van der Waals surface area contributed by atoms with Crippen molar-refractivity contribution >= 4 is 48.9 Å². The highest BCUT2D eigenvalue weighted by atomic mass is 32.2. The molecule has 1 heterocycles. The number of hydrogen-bond donors (Lipinski definition) is 5. The van der Waals surface area contributed by atoms with Gasteiger partial charge in [0.1, 0.15) is 17.8 Å². The summed E-state index contributed by atoms with van der Waals surface area (Å²) in [5.41, 5.74) is 1.72. The Kier molecular flexibility index (Phi) is 8.73. The van der Waals surface area contributed by atoms with Gasteiger partial charge >= 0.3 is 5.95 Å². The molecular formula is C35H36FN3O6S. The van der Waals surface area contributed by atoms with E-state index < -0.39 is 39.3 Å². The van der Waals surface area contributed by atoms with Crippen LogP contribution >= 0.6 is 0 Å². The van der Waals surface area contributed by atoms with Crippen LogP contribution in [0.25, 0.3) is 21.5 Å². The van der Waals surface area contributed by atoms with Crippen LogP contribution < -0.4 is 16.0 Å². The van der Waals surface area contributed by atoms with Gasteiger partial charge in [-0.25, -0.2) is 4.39 Å². The van der Waals surface area contributed by atoms with Gasteiger partial charge in [-0.2, -0.15) is 8.42 Å². The number of benzene rings is 4. The average molecular weight is 646 g/mol. The van der Waals surface area contributed by atoms with E-state index in [0.29, 0.717) is 12.0 Å². The first kappa shape index (κ1) is 31.5. The van der Waals surface area contributed by atoms with Crippen molar-refractivity contribution < 1.29 is 31.7 Å². The van der Waals surface area contributed by atoms with Crippen molar-refractivity contribution in [3.8, 4) is 5.95 Å². The summed E-state index contributed by atoms with van der Waals surface area (Å²) >= 11 is 0. The molecule has 3 atom stereocenters. The molecule has 0 saturated carbocycles. The Morgan fingerprint density at radius 1 is 1.00 bits per heavy atom. The van der Waals surface area contributed by atoms with E-state index in [-0.39, 0.29) is 29.6 Å². The summed E-state index contributed by atoms with van der Waals surface area (Å²) in [7, 11) is -4.75. The van der Waals surface area contributed by atoms with Crippen LogP contribution in [0, 0.1) is 11.7 Å². The maximum absolute atomic E-state index is 13.7. The van der Waals surface area contributed by atoms with Crippen LogP contribution in [0.5, 0.6) is 5.95 Å². The molecule has 2 unspecified atom stereocenters. The van der Waals surface area contributed by atoms with E-state index in [1.807, 2.05) is 26.0 Å². The lowest BCUT2D eigenvalue weighted by molar-refractivity contribution is -0.118. The summed E-state index contributed by atoms with van der Waals surface area (Å²) < 4.78 is 53.3. The van der Waals surface area contributed by atoms with Crippen LogP contribution in [0.1, 0.15) is 49.3 Å². The zero-order valence-corrected chi connectivity index (χ0v) is 26.3. The van der Waals surface area contributed by atoms with Crippen LogP contribution in [0.4, 0.5) is 15.8 Å². The number of hydrogen-bond acceptors (Lipinski definition) is 7. The first-order valence-electron chi connectivity index (χ1n) is 15.3. The van der Waals surface area contributed by atoms with Crippen molar-refractivity contribution in [3.05, 3.63) is 102 Å². The molecule has 1 aromatic heterocycles. The molecule has 46 heavy (non-hydrogen) atoms. The van der Waals surface area contributed by atoms with Crippen molar-refractivity contribution in [3.63, 3.8) is 0 Å². The van der Waals surface area contributed by atoms with Crippen molar-refractivity contribution in [2.24, 2.45) is 5.92 Å². The molecule has 0 spiro atoms. The number of halogens is 1. The number of aryl methyl sites for hydroxylation is 1. The molecule has 11 heteroatoms. The molecule has 5 aromatic rings. The van der Waals surface area contributed by atoms with Crippen molar-refractivity contribution in [1.29, 1.82) is 0 Å². The molecule has 5 N–H and O–H groups in total. The Morgan fingerprint density at radius 2 is 1.74 bits per heavy atom. The summed E-state index contributed by atoms with van der Waals surface area (Å²) in [4.78, 5) is 13.7. The summed E-state index contributed by atoms with van der Waals surface area (Å²) in [6.07, 6.45) is 3.91. The second-order valence-electron chi connectivity index (χ2n) is 12.3. The molecular weight excluding hydrogens is 609 g/mol. The summed E-state index contributed by atoms with van der Waals surface area (Å²) in [6, 6.07) is 20.8. The Balaban J connectivity index is 1.23. The number of carbonyl (C=O) groups excluding carboxylic acids is 1. The van der Waals surface area contributed by atoms with E-state index >= 15 is 0 Å². The van der Waals surface area contributed by atoms with Gasteiger partial charge in [0.25, 0.3) is 10.1 Å². The van der Waals surface area contributed by atoms with Gasteiger partial charge in [0, 0.05) is 11.3 Å². The molecule has 0 saturated heterocycles. The van der Waals surface area contributed by atoms with Crippen molar-refractivity contribution in [2.45, 2.75) is 57.0 Å². The Hall–Kier alpha value is -4.45. The molecule has 240 valence electrons. The fourth-order valence-electron chi connectivity index (χ4n) is 6.44. The summed E-state index contributed by atoms with van der Waals surface area (Å²) in [5, 5.41) is 23.6. The molecule has 9 nitrogen and oxygen atoms in total. The second kappa shape index (κ2) is 12.7. The van der Waals surface area contributed by atoms with Crippen LogP contribution in [-0.4, -0.2) is 35.5 Å². The van der Waals surface area contributed by atoms with E-state index in [1.54, 1.807) is 0 Å². The Morgan fingerprint density at radius 3 is 2.48 bits per heavy atom. The van der Waals surface area contributed by atoms with Crippen molar-refractivity contribution in [2.75, 3.05) is 10.6 Å². The third kappa shape index (κ3) is 6.57. The third-order valence-corrected chi connectivity index (χ3v) is 9.50. The first-order chi connectivity index (χ1) is 22.0. The zero-order valence-electron chi connectivity index (χ0n) is 25.5. The van der Waals surface area contributed by atoms with Gasteiger partial charge in [-0.05, 0) is 94.5 Å². The summed E-state index contributed by atoms with van der Waals surface area (Å²) in [6.45, 7) is 3.73. The lowest BCUT2D eigenvalue weighted by atomic mass is 9.78. The molecule has 0 bridgehead atoms. The molecule has 0 radical (unpaired) electrons. The highest BCUT2D eigenvalue weighted by molar-refractivity contribution is 7.86. The van der Waals surface area contributed by atoms with Gasteiger partial charge in [0.05, 0.1) is 6.04 Å². The average Bonchev–Trinajstić information content (AvgIpc) is 3.39. The minimum atomic E-state index is -4.75. The first-order valence-corrected chi connectivity index (χ1v) is 16.8. The third-order valence-electron chi connectivity index (χ3n) is 8.65. The standard InChI is InChI=1S/C35H36FN3O6S/c1-20(2)17-31(38-35(46(42,43)44)37-25-12-10-24(36)11-13-25)33(40)39-32-30(19-45-34(32)41)23-8-14-27-22(18-23)9-16-28-26-6-4-3-5-21(26)7-15-29(27)28/h3-7,9-13,15-16,19-20,23,31,35,37-38,41H,8,14,17-18H2,1-2H3,(H,39,40)(H,42,43,44)/t23?,31-,35?/m0/s1. The minimum absolute atomic E-state index is 0.0460. The number of amides is 1. The van der Waals surface area contributed by atoms with Gasteiger partial charge in [0.15, 0.2) is 0 Å². The van der Waals surface area contributed by atoms with Crippen molar-refractivity contribution in [1.82, 2.24) is 5.32 Å². The van der Waals surface area contributed by atoms with E-state index in [0.717, 1.165) is 25.0 Å². The fraction of sp³-hybridized carbons (Fsp3) is 0.286. The maximum atomic E-state index is 13.7. The lowest BCUT2D eigenvalue weighted by Gasteiger charge is -2.27. The molecule has 1 amide bonds. The largest absolute Gasteiger partial charge is 0.479 e.